The molecule has 2 saturated heterocycles. The van der Waals surface area contributed by atoms with E-state index in [1.165, 1.54) is 19.3 Å². The number of piperidine rings is 1. The van der Waals surface area contributed by atoms with Crippen molar-refractivity contribution in [1.29, 1.82) is 0 Å². The maximum absolute atomic E-state index is 13.0. The van der Waals surface area contributed by atoms with Crippen LogP contribution in [0.15, 0.2) is 0 Å². The third-order valence-electron chi connectivity index (χ3n) is 6.33. The smallest absolute Gasteiger partial charge is 0.251 e. The van der Waals surface area contributed by atoms with E-state index < -0.39 is 0 Å². The Morgan fingerprint density at radius 1 is 1.11 bits per heavy atom. The average Bonchev–Trinajstić information content (AvgIpc) is 3.26. The second kappa shape index (κ2) is 12.0. The number of ether oxygens (including phenoxy) is 1. The number of amides is 2. The molecule has 3 rings (SSSR count). The highest BCUT2D eigenvalue weighted by molar-refractivity contribution is 5.85. The predicted molar refractivity (Wildman–Crippen MR) is 113 cm³/mol. The van der Waals surface area contributed by atoms with Crippen LogP contribution in [0, 0.1) is 5.92 Å². The van der Waals surface area contributed by atoms with E-state index in [1.54, 1.807) is 0 Å². The first-order valence-electron chi connectivity index (χ1n) is 11.1. The highest BCUT2D eigenvalue weighted by atomic mass is 35.5. The standard InChI is InChI=1S/C21H37N3O3.ClH/c1-2-19(27-17-9-4-3-5-10-17)21(26)24-13-7-8-16(15-24)14-23-20(25)18-11-6-12-22-18;/h16-19,22H,2-15H2,1H3,(H,23,25);1H. The van der Waals surface area contributed by atoms with Crippen LogP contribution in [-0.4, -0.2) is 61.1 Å². The molecule has 162 valence electrons. The van der Waals surface area contributed by atoms with E-state index >= 15 is 0 Å². The van der Waals surface area contributed by atoms with Crippen molar-refractivity contribution < 1.29 is 14.3 Å². The van der Waals surface area contributed by atoms with Crippen molar-refractivity contribution >= 4 is 24.2 Å². The normalized spacial score (nSPS) is 27.1. The molecule has 0 radical (unpaired) electrons. The molecule has 1 aliphatic carbocycles. The molecule has 2 N–H and O–H groups in total. The molecule has 3 unspecified atom stereocenters. The molecule has 0 spiro atoms. The van der Waals surface area contributed by atoms with E-state index in [2.05, 4.69) is 10.6 Å². The summed E-state index contributed by atoms with van der Waals surface area (Å²) in [6.07, 6.45) is 10.7. The van der Waals surface area contributed by atoms with Crippen molar-refractivity contribution in [2.24, 2.45) is 5.92 Å². The third kappa shape index (κ3) is 6.60. The van der Waals surface area contributed by atoms with Crippen molar-refractivity contribution in [3.63, 3.8) is 0 Å². The van der Waals surface area contributed by atoms with Crippen LogP contribution in [0.4, 0.5) is 0 Å². The van der Waals surface area contributed by atoms with Gasteiger partial charge in [-0.15, -0.1) is 12.4 Å². The Kier molecular flexibility index (Phi) is 10.0. The molecule has 0 bridgehead atoms. The molecule has 2 heterocycles. The van der Waals surface area contributed by atoms with Crippen molar-refractivity contribution in [1.82, 2.24) is 15.5 Å². The van der Waals surface area contributed by atoms with Crippen LogP contribution in [0.25, 0.3) is 0 Å². The lowest BCUT2D eigenvalue weighted by Gasteiger charge is -2.36. The first-order valence-corrected chi connectivity index (χ1v) is 11.1. The molecule has 0 aromatic heterocycles. The zero-order valence-corrected chi connectivity index (χ0v) is 18.1. The minimum atomic E-state index is -0.302. The van der Waals surface area contributed by atoms with Gasteiger partial charge in [0.25, 0.3) is 5.91 Å². The monoisotopic (exact) mass is 415 g/mol. The van der Waals surface area contributed by atoms with Crippen molar-refractivity contribution in [3.05, 3.63) is 0 Å². The highest BCUT2D eigenvalue weighted by Crippen LogP contribution is 2.24. The molecule has 6 nitrogen and oxygen atoms in total. The van der Waals surface area contributed by atoms with E-state index in [9.17, 15) is 9.59 Å². The van der Waals surface area contributed by atoms with E-state index in [4.69, 9.17) is 4.74 Å². The van der Waals surface area contributed by atoms with E-state index in [1.807, 2.05) is 11.8 Å². The van der Waals surface area contributed by atoms with Gasteiger partial charge < -0.3 is 20.3 Å². The van der Waals surface area contributed by atoms with Crippen LogP contribution in [0.5, 0.6) is 0 Å². The molecular formula is C21H38ClN3O3. The largest absolute Gasteiger partial charge is 0.365 e. The Labute approximate surface area is 175 Å². The molecule has 0 aromatic carbocycles. The van der Waals surface area contributed by atoms with Gasteiger partial charge in [-0.1, -0.05) is 26.2 Å². The molecule has 3 aliphatic rings. The zero-order chi connectivity index (χ0) is 19.1. The van der Waals surface area contributed by atoms with Crippen LogP contribution in [0.1, 0.15) is 71.1 Å². The summed E-state index contributed by atoms with van der Waals surface area (Å²) in [6.45, 7) is 5.20. The Hall–Kier alpha value is -0.850. The Bertz CT molecular complexity index is 493. The predicted octanol–water partition coefficient (Wildman–Crippen LogP) is 2.64. The average molecular weight is 416 g/mol. The van der Waals surface area contributed by atoms with Crippen molar-refractivity contribution in [3.8, 4) is 0 Å². The SMILES string of the molecule is CCC(OC1CCCCC1)C(=O)N1CCCC(CNC(=O)C2CCCN2)C1.Cl. The summed E-state index contributed by atoms with van der Waals surface area (Å²) in [4.78, 5) is 27.2. The molecule has 1 saturated carbocycles. The van der Waals surface area contributed by atoms with Gasteiger partial charge in [-0.25, -0.2) is 0 Å². The number of likely N-dealkylation sites (tertiary alicyclic amines) is 1. The van der Waals surface area contributed by atoms with Crippen LogP contribution >= 0.6 is 12.4 Å². The fourth-order valence-electron chi connectivity index (χ4n) is 4.67. The van der Waals surface area contributed by atoms with Gasteiger partial charge in [-0.05, 0) is 57.4 Å². The van der Waals surface area contributed by atoms with Gasteiger partial charge in [0.1, 0.15) is 6.10 Å². The van der Waals surface area contributed by atoms with Crippen LogP contribution in [0.2, 0.25) is 0 Å². The summed E-state index contributed by atoms with van der Waals surface area (Å²) in [6, 6.07) is -0.0281. The van der Waals surface area contributed by atoms with Gasteiger partial charge in [-0.2, -0.15) is 0 Å². The first kappa shape index (κ1) is 23.4. The molecule has 0 aromatic rings. The highest BCUT2D eigenvalue weighted by Gasteiger charge is 2.31. The zero-order valence-electron chi connectivity index (χ0n) is 17.3. The second-order valence-electron chi connectivity index (χ2n) is 8.48. The number of hydrogen-bond donors (Lipinski definition) is 2. The minimum absolute atomic E-state index is 0. The van der Waals surface area contributed by atoms with Gasteiger partial charge in [0.05, 0.1) is 12.1 Å². The van der Waals surface area contributed by atoms with Gasteiger partial charge in [-0.3, -0.25) is 9.59 Å². The molecular weight excluding hydrogens is 378 g/mol. The van der Waals surface area contributed by atoms with Crippen molar-refractivity contribution in [2.45, 2.75) is 89.4 Å². The third-order valence-corrected chi connectivity index (χ3v) is 6.33. The van der Waals surface area contributed by atoms with Crippen LogP contribution in [0.3, 0.4) is 0 Å². The number of carbonyl (C=O) groups excluding carboxylic acids is 2. The van der Waals surface area contributed by atoms with E-state index in [0.717, 1.165) is 64.6 Å². The Morgan fingerprint density at radius 3 is 2.57 bits per heavy atom. The fraction of sp³-hybridized carbons (Fsp3) is 0.905. The number of nitrogens with zero attached hydrogens (tertiary/aromatic N) is 1. The molecule has 2 amide bonds. The summed E-state index contributed by atoms with van der Waals surface area (Å²) in [5.74, 6) is 0.611. The fourth-order valence-corrected chi connectivity index (χ4v) is 4.67. The van der Waals surface area contributed by atoms with Crippen LogP contribution < -0.4 is 10.6 Å². The van der Waals surface area contributed by atoms with E-state index in [-0.39, 0.29) is 42.5 Å². The molecule has 3 fully saturated rings. The number of rotatable bonds is 7. The maximum atomic E-state index is 13.0. The minimum Gasteiger partial charge on any atom is -0.365 e. The van der Waals surface area contributed by atoms with Crippen molar-refractivity contribution in [2.75, 3.05) is 26.2 Å². The topological polar surface area (TPSA) is 70.7 Å². The lowest BCUT2D eigenvalue weighted by molar-refractivity contribution is -0.151. The number of halogens is 1. The Morgan fingerprint density at radius 2 is 1.89 bits per heavy atom. The van der Waals surface area contributed by atoms with Gasteiger partial charge in [0.2, 0.25) is 5.91 Å². The number of hydrogen-bond acceptors (Lipinski definition) is 4. The lowest BCUT2D eigenvalue weighted by Crippen LogP contribution is -2.49. The second-order valence-corrected chi connectivity index (χ2v) is 8.48. The molecule has 2 aliphatic heterocycles. The first-order chi connectivity index (χ1) is 13.2. The molecule has 3 atom stereocenters. The summed E-state index contributed by atoms with van der Waals surface area (Å²) in [7, 11) is 0. The summed E-state index contributed by atoms with van der Waals surface area (Å²) < 4.78 is 6.19. The summed E-state index contributed by atoms with van der Waals surface area (Å²) in [5.41, 5.74) is 0. The lowest BCUT2D eigenvalue weighted by atomic mass is 9.96. The molecule has 28 heavy (non-hydrogen) atoms. The molecule has 7 heteroatoms. The van der Waals surface area contributed by atoms with Gasteiger partial charge >= 0.3 is 0 Å². The summed E-state index contributed by atoms with van der Waals surface area (Å²) in [5, 5.41) is 6.33. The van der Waals surface area contributed by atoms with E-state index in [0.29, 0.717) is 12.5 Å². The van der Waals surface area contributed by atoms with Crippen LogP contribution in [-0.2, 0) is 14.3 Å². The Balaban J connectivity index is 0.00000280. The number of carbonyl (C=O) groups is 2. The van der Waals surface area contributed by atoms with Gasteiger partial charge in [0, 0.05) is 19.6 Å². The number of nitrogens with one attached hydrogen (secondary N) is 2. The maximum Gasteiger partial charge on any atom is 0.251 e. The summed E-state index contributed by atoms with van der Waals surface area (Å²) >= 11 is 0. The quantitative estimate of drug-likeness (QED) is 0.670. The van der Waals surface area contributed by atoms with Gasteiger partial charge in [0.15, 0.2) is 0 Å².